The first kappa shape index (κ1) is 23.2. The first-order chi connectivity index (χ1) is 16.9. The number of aryl methyl sites for hydroxylation is 1. The number of fused-ring (bicyclic) bond motifs is 1. The van der Waals surface area contributed by atoms with E-state index in [4.69, 9.17) is 4.74 Å². The SMILES string of the molecule is Cc1nc2c(-c3ccc(F)cc3F)nc(C3CCOCC3)nc2c(=O)n1C.c1cnn(C2CC2)c1. The van der Waals surface area contributed by atoms with E-state index in [2.05, 4.69) is 20.1 Å². The number of benzene rings is 1. The van der Waals surface area contributed by atoms with Crippen LogP contribution in [0.3, 0.4) is 0 Å². The molecule has 1 aromatic carbocycles. The Morgan fingerprint density at radius 3 is 2.46 bits per heavy atom. The van der Waals surface area contributed by atoms with Gasteiger partial charge in [0.1, 0.15) is 34.5 Å². The van der Waals surface area contributed by atoms with Crippen molar-refractivity contribution in [2.75, 3.05) is 13.2 Å². The largest absolute Gasteiger partial charge is 0.381 e. The molecule has 35 heavy (non-hydrogen) atoms. The molecule has 0 radical (unpaired) electrons. The zero-order chi connectivity index (χ0) is 24.5. The summed E-state index contributed by atoms with van der Waals surface area (Å²) in [5.74, 6) is -0.505. The summed E-state index contributed by atoms with van der Waals surface area (Å²) in [6.45, 7) is 2.84. The molecule has 8 nitrogen and oxygen atoms in total. The van der Waals surface area contributed by atoms with Gasteiger partial charge in [-0.25, -0.2) is 23.7 Å². The van der Waals surface area contributed by atoms with Gasteiger partial charge in [-0.3, -0.25) is 14.0 Å². The van der Waals surface area contributed by atoms with Crippen LogP contribution in [0.5, 0.6) is 0 Å². The van der Waals surface area contributed by atoms with Crippen LogP contribution in [0, 0.1) is 18.6 Å². The minimum atomic E-state index is -0.756. The average molecular weight is 481 g/mol. The summed E-state index contributed by atoms with van der Waals surface area (Å²) in [5.41, 5.74) is 0.337. The highest BCUT2D eigenvalue weighted by atomic mass is 19.1. The Morgan fingerprint density at radius 1 is 1.03 bits per heavy atom. The van der Waals surface area contributed by atoms with E-state index in [9.17, 15) is 13.6 Å². The van der Waals surface area contributed by atoms with Gasteiger partial charge in [-0.15, -0.1) is 0 Å². The van der Waals surface area contributed by atoms with Gasteiger partial charge in [0.05, 0.1) is 6.04 Å². The fourth-order valence-corrected chi connectivity index (χ4v) is 4.11. The second-order valence-electron chi connectivity index (χ2n) is 8.88. The third-order valence-corrected chi connectivity index (χ3v) is 6.39. The minimum Gasteiger partial charge on any atom is -0.381 e. The summed E-state index contributed by atoms with van der Waals surface area (Å²) in [6, 6.07) is 5.98. The van der Waals surface area contributed by atoms with Crippen molar-refractivity contribution in [3.63, 3.8) is 0 Å². The van der Waals surface area contributed by atoms with E-state index in [1.165, 1.54) is 23.5 Å². The number of halogens is 2. The lowest BCUT2D eigenvalue weighted by Gasteiger charge is -2.21. The lowest BCUT2D eigenvalue weighted by atomic mass is 9.98. The van der Waals surface area contributed by atoms with Gasteiger partial charge in [-0.05, 0) is 50.8 Å². The van der Waals surface area contributed by atoms with Crippen molar-refractivity contribution < 1.29 is 13.5 Å². The van der Waals surface area contributed by atoms with E-state index in [0.29, 0.717) is 24.9 Å². The van der Waals surface area contributed by atoms with Crippen molar-refractivity contribution in [3.8, 4) is 11.3 Å². The summed E-state index contributed by atoms with van der Waals surface area (Å²) in [6.07, 6.45) is 7.94. The number of ether oxygens (including phenoxy) is 1. The van der Waals surface area contributed by atoms with Gasteiger partial charge in [0.2, 0.25) is 0 Å². The summed E-state index contributed by atoms with van der Waals surface area (Å²) in [4.78, 5) is 26.2. The third-order valence-electron chi connectivity index (χ3n) is 6.39. The van der Waals surface area contributed by atoms with E-state index in [0.717, 1.165) is 31.0 Å². The summed E-state index contributed by atoms with van der Waals surface area (Å²) in [5, 5.41) is 4.09. The Bertz CT molecular complexity index is 1410. The van der Waals surface area contributed by atoms with Crippen molar-refractivity contribution >= 4 is 11.0 Å². The van der Waals surface area contributed by atoms with Crippen LogP contribution in [0.25, 0.3) is 22.3 Å². The number of aromatic nitrogens is 6. The monoisotopic (exact) mass is 480 g/mol. The molecular formula is C25H26F2N6O2. The quantitative estimate of drug-likeness (QED) is 0.439. The predicted octanol–water partition coefficient (Wildman–Crippen LogP) is 4.09. The first-order valence-electron chi connectivity index (χ1n) is 11.7. The van der Waals surface area contributed by atoms with Crippen LogP contribution in [0.4, 0.5) is 8.78 Å². The molecule has 0 amide bonds. The molecule has 0 N–H and O–H groups in total. The Balaban J connectivity index is 0.000000265. The fraction of sp³-hybridized carbons (Fsp3) is 0.400. The topological polar surface area (TPSA) is 87.7 Å². The Labute approximate surface area is 200 Å². The Morgan fingerprint density at radius 2 is 1.80 bits per heavy atom. The summed E-state index contributed by atoms with van der Waals surface area (Å²) >= 11 is 0. The van der Waals surface area contributed by atoms with Gasteiger partial charge in [0, 0.05) is 50.2 Å². The van der Waals surface area contributed by atoms with Crippen LogP contribution in [-0.4, -0.2) is 42.5 Å². The molecule has 1 saturated heterocycles. The molecule has 6 rings (SSSR count). The fourth-order valence-electron chi connectivity index (χ4n) is 4.11. The molecule has 0 spiro atoms. The van der Waals surface area contributed by atoms with E-state index in [1.807, 2.05) is 23.1 Å². The maximum atomic E-state index is 14.5. The van der Waals surface area contributed by atoms with Gasteiger partial charge >= 0.3 is 0 Å². The van der Waals surface area contributed by atoms with E-state index < -0.39 is 11.6 Å². The third kappa shape index (κ3) is 4.84. The molecule has 0 unspecified atom stereocenters. The highest BCUT2D eigenvalue weighted by Crippen LogP contribution is 2.33. The standard InChI is InChI=1S/C19H18F2N4O2.C6H8N2/c1-10-22-16-15(13-4-3-12(20)9-14(13)21)23-18(11-5-7-27-8-6-11)24-17(16)19(26)25(10)2;1-4-7-8(5-1)6-2-3-6/h3-4,9,11H,5-8H2,1-2H3;1,4-6H,2-3H2. The van der Waals surface area contributed by atoms with E-state index in [-0.39, 0.29) is 33.8 Å². The van der Waals surface area contributed by atoms with Crippen molar-refractivity contribution in [2.24, 2.45) is 7.05 Å². The molecule has 10 heteroatoms. The molecule has 3 aromatic heterocycles. The Kier molecular flexibility index (Phi) is 6.38. The van der Waals surface area contributed by atoms with Crippen molar-refractivity contribution in [2.45, 2.75) is 44.6 Å². The normalized spacial score (nSPS) is 16.2. The molecule has 4 aromatic rings. The molecule has 1 aliphatic heterocycles. The van der Waals surface area contributed by atoms with Crippen molar-refractivity contribution in [1.82, 2.24) is 29.3 Å². The molecule has 182 valence electrons. The maximum Gasteiger partial charge on any atom is 0.279 e. The zero-order valence-electron chi connectivity index (χ0n) is 19.6. The smallest absolute Gasteiger partial charge is 0.279 e. The molecule has 0 bridgehead atoms. The maximum absolute atomic E-state index is 14.5. The highest BCUT2D eigenvalue weighted by molar-refractivity contribution is 5.88. The van der Waals surface area contributed by atoms with Gasteiger partial charge in [0.25, 0.3) is 5.56 Å². The number of hydrogen-bond acceptors (Lipinski definition) is 6. The number of hydrogen-bond donors (Lipinski definition) is 0. The summed E-state index contributed by atoms with van der Waals surface area (Å²) < 4.78 is 36.7. The van der Waals surface area contributed by atoms with Gasteiger partial charge < -0.3 is 4.74 Å². The Hall–Kier alpha value is -3.53. The van der Waals surface area contributed by atoms with Crippen LogP contribution >= 0.6 is 0 Å². The first-order valence-corrected chi connectivity index (χ1v) is 11.7. The van der Waals surface area contributed by atoms with Gasteiger partial charge in [-0.1, -0.05) is 0 Å². The van der Waals surface area contributed by atoms with Gasteiger partial charge in [-0.2, -0.15) is 5.10 Å². The second-order valence-corrected chi connectivity index (χ2v) is 8.88. The lowest BCUT2D eigenvalue weighted by molar-refractivity contribution is 0.0837. The molecule has 0 atom stereocenters. The van der Waals surface area contributed by atoms with Crippen LogP contribution in [0.1, 0.15) is 49.3 Å². The van der Waals surface area contributed by atoms with Crippen molar-refractivity contribution in [3.05, 3.63) is 70.3 Å². The summed E-state index contributed by atoms with van der Waals surface area (Å²) in [7, 11) is 1.61. The molecule has 2 fully saturated rings. The second kappa shape index (κ2) is 9.61. The van der Waals surface area contributed by atoms with E-state index >= 15 is 0 Å². The van der Waals surface area contributed by atoms with Crippen molar-refractivity contribution in [1.29, 1.82) is 0 Å². The van der Waals surface area contributed by atoms with Crippen LogP contribution in [-0.2, 0) is 11.8 Å². The average Bonchev–Trinajstić information content (AvgIpc) is 3.57. The van der Waals surface area contributed by atoms with Crippen LogP contribution in [0.2, 0.25) is 0 Å². The molecular weight excluding hydrogens is 454 g/mol. The molecule has 2 aliphatic rings. The zero-order valence-corrected chi connectivity index (χ0v) is 19.6. The molecule has 4 heterocycles. The van der Waals surface area contributed by atoms with Gasteiger partial charge in [0.15, 0.2) is 5.52 Å². The molecule has 1 saturated carbocycles. The highest BCUT2D eigenvalue weighted by Gasteiger charge is 2.24. The number of nitrogens with zero attached hydrogens (tertiary/aromatic N) is 6. The number of rotatable bonds is 3. The molecule has 1 aliphatic carbocycles. The minimum absolute atomic E-state index is 0.0106. The van der Waals surface area contributed by atoms with E-state index in [1.54, 1.807) is 14.0 Å². The van der Waals surface area contributed by atoms with Crippen LogP contribution in [0.15, 0.2) is 41.5 Å². The predicted molar refractivity (Wildman–Crippen MR) is 126 cm³/mol. The van der Waals surface area contributed by atoms with Crippen LogP contribution < -0.4 is 5.56 Å². The lowest BCUT2D eigenvalue weighted by Crippen LogP contribution is -2.24.